The third kappa shape index (κ3) is 1.52. The van der Waals surface area contributed by atoms with Gasteiger partial charge in [-0.1, -0.05) is 0 Å². The largest absolute Gasteiger partial charge is 0.385 e. The molecule has 6 heteroatoms. The summed E-state index contributed by atoms with van der Waals surface area (Å²) in [6.45, 7) is 0.162. The number of fused-ring (bicyclic) bond motifs is 1. The van der Waals surface area contributed by atoms with E-state index in [-0.39, 0.29) is 6.54 Å². The summed E-state index contributed by atoms with van der Waals surface area (Å²) in [4.78, 5) is 8.23. The van der Waals surface area contributed by atoms with Gasteiger partial charge in [0.15, 0.2) is 5.65 Å². The second-order valence-electron chi connectivity index (χ2n) is 2.87. The van der Waals surface area contributed by atoms with Gasteiger partial charge >= 0.3 is 0 Å². The first-order valence-electron chi connectivity index (χ1n) is 4.09. The van der Waals surface area contributed by atoms with Crippen molar-refractivity contribution in [1.82, 2.24) is 14.4 Å². The third-order valence-electron chi connectivity index (χ3n) is 1.92. The molecule has 0 saturated heterocycles. The van der Waals surface area contributed by atoms with Crippen LogP contribution in [-0.2, 0) is 0 Å². The molecule has 14 heavy (non-hydrogen) atoms. The highest BCUT2D eigenvalue weighted by molar-refractivity contribution is 9.10. The zero-order valence-corrected chi connectivity index (χ0v) is 8.85. The smallest absolute Gasteiger partial charge is 0.170 e. The fraction of sp³-hybridized carbons (Fsp3) is 0.250. The van der Waals surface area contributed by atoms with Crippen molar-refractivity contribution in [3.63, 3.8) is 0 Å². The maximum Gasteiger partial charge on any atom is 0.170 e. The highest BCUT2D eigenvalue weighted by Crippen LogP contribution is 2.17. The molecule has 5 nitrogen and oxygen atoms in total. The summed E-state index contributed by atoms with van der Waals surface area (Å²) in [5.74, 6) is 0. The van der Waals surface area contributed by atoms with Gasteiger partial charge in [-0.25, -0.2) is 9.97 Å². The standard InChI is InChI=1S/C8H9BrN4O/c9-7-8-12-5(6(14)3-10)4-13(8)2-1-11-7/h1-2,4,6,14H,3,10H2. The lowest BCUT2D eigenvalue weighted by Gasteiger charge is -2.00. The van der Waals surface area contributed by atoms with Gasteiger partial charge in [0, 0.05) is 25.1 Å². The molecule has 2 heterocycles. The van der Waals surface area contributed by atoms with E-state index < -0.39 is 6.10 Å². The first-order chi connectivity index (χ1) is 6.72. The summed E-state index contributed by atoms with van der Waals surface area (Å²) < 4.78 is 2.43. The van der Waals surface area contributed by atoms with Crippen LogP contribution in [-0.4, -0.2) is 26.0 Å². The molecule has 0 spiro atoms. The number of rotatable bonds is 2. The number of aliphatic hydroxyl groups is 1. The fourth-order valence-electron chi connectivity index (χ4n) is 1.19. The van der Waals surface area contributed by atoms with Gasteiger partial charge in [-0.2, -0.15) is 0 Å². The lowest BCUT2D eigenvalue weighted by molar-refractivity contribution is 0.182. The molecule has 0 saturated carbocycles. The Hall–Kier alpha value is -0.980. The minimum absolute atomic E-state index is 0.162. The first-order valence-corrected chi connectivity index (χ1v) is 4.89. The van der Waals surface area contributed by atoms with Gasteiger partial charge < -0.3 is 15.2 Å². The number of aliphatic hydroxyl groups excluding tert-OH is 1. The van der Waals surface area contributed by atoms with Gasteiger partial charge in [-0.05, 0) is 15.9 Å². The molecule has 0 radical (unpaired) electrons. The zero-order valence-electron chi connectivity index (χ0n) is 7.26. The van der Waals surface area contributed by atoms with Crippen LogP contribution in [0.2, 0.25) is 0 Å². The lowest BCUT2D eigenvalue weighted by Crippen LogP contribution is -2.11. The van der Waals surface area contributed by atoms with Gasteiger partial charge in [0.1, 0.15) is 10.7 Å². The SMILES string of the molecule is NCC(O)c1cn2ccnc(Br)c2n1. The normalized spacial score (nSPS) is 13.4. The Balaban J connectivity index is 2.56. The molecule has 2 aromatic rings. The molecule has 1 atom stereocenters. The Morgan fingerprint density at radius 1 is 1.64 bits per heavy atom. The topological polar surface area (TPSA) is 76.4 Å². The summed E-state index contributed by atoms with van der Waals surface area (Å²) in [5, 5.41) is 9.48. The lowest BCUT2D eigenvalue weighted by atomic mass is 10.3. The van der Waals surface area contributed by atoms with Crippen molar-refractivity contribution in [1.29, 1.82) is 0 Å². The predicted octanol–water partition coefficient (Wildman–Crippen LogP) is 0.484. The summed E-state index contributed by atoms with van der Waals surface area (Å²) in [6.07, 6.45) is 4.43. The third-order valence-corrected chi connectivity index (χ3v) is 2.47. The second-order valence-corrected chi connectivity index (χ2v) is 3.62. The first kappa shape index (κ1) is 9.57. The van der Waals surface area contributed by atoms with Crippen LogP contribution in [0.15, 0.2) is 23.2 Å². The Morgan fingerprint density at radius 2 is 2.43 bits per heavy atom. The Morgan fingerprint density at radius 3 is 3.07 bits per heavy atom. The maximum absolute atomic E-state index is 9.48. The number of halogens is 1. The van der Waals surface area contributed by atoms with Gasteiger partial charge in [0.25, 0.3) is 0 Å². The van der Waals surface area contributed by atoms with E-state index in [1.807, 2.05) is 0 Å². The minimum atomic E-state index is -0.721. The van der Waals surface area contributed by atoms with E-state index in [0.29, 0.717) is 15.9 Å². The number of imidazole rings is 1. The van der Waals surface area contributed by atoms with Gasteiger partial charge in [-0.15, -0.1) is 0 Å². The van der Waals surface area contributed by atoms with Crippen molar-refractivity contribution in [3.8, 4) is 0 Å². The van der Waals surface area contributed by atoms with Crippen molar-refractivity contribution in [2.75, 3.05) is 6.54 Å². The number of aromatic nitrogens is 3. The minimum Gasteiger partial charge on any atom is -0.385 e. The zero-order chi connectivity index (χ0) is 10.1. The van der Waals surface area contributed by atoms with E-state index in [4.69, 9.17) is 5.73 Å². The van der Waals surface area contributed by atoms with E-state index in [9.17, 15) is 5.11 Å². The molecule has 3 N–H and O–H groups in total. The Kier molecular flexibility index (Phi) is 2.49. The van der Waals surface area contributed by atoms with Gasteiger partial charge in [0.05, 0.1) is 5.69 Å². The summed E-state index contributed by atoms with van der Waals surface area (Å²) in [7, 11) is 0. The van der Waals surface area contributed by atoms with Crippen LogP contribution in [0.4, 0.5) is 0 Å². The second kappa shape index (κ2) is 3.64. The quantitative estimate of drug-likeness (QED) is 0.820. The van der Waals surface area contributed by atoms with Crippen LogP contribution in [0.3, 0.4) is 0 Å². The van der Waals surface area contributed by atoms with Gasteiger partial charge in [-0.3, -0.25) is 0 Å². The van der Waals surface area contributed by atoms with E-state index >= 15 is 0 Å². The van der Waals surface area contributed by atoms with Crippen molar-refractivity contribution < 1.29 is 5.11 Å². The fourth-order valence-corrected chi connectivity index (χ4v) is 1.60. The van der Waals surface area contributed by atoms with Gasteiger partial charge in [0.2, 0.25) is 0 Å². The van der Waals surface area contributed by atoms with Crippen LogP contribution >= 0.6 is 15.9 Å². The number of nitrogens with zero attached hydrogens (tertiary/aromatic N) is 3. The van der Waals surface area contributed by atoms with E-state index in [2.05, 4.69) is 25.9 Å². The molecule has 0 aliphatic carbocycles. The molecular formula is C8H9BrN4O. The van der Waals surface area contributed by atoms with Crippen molar-refractivity contribution >= 4 is 21.6 Å². The van der Waals surface area contributed by atoms with Crippen LogP contribution in [0, 0.1) is 0 Å². The van der Waals surface area contributed by atoms with Crippen molar-refractivity contribution in [2.45, 2.75) is 6.10 Å². The summed E-state index contributed by atoms with van der Waals surface area (Å²) >= 11 is 3.27. The highest BCUT2D eigenvalue weighted by atomic mass is 79.9. The molecule has 0 aliphatic heterocycles. The van der Waals surface area contributed by atoms with Crippen LogP contribution in [0.25, 0.3) is 5.65 Å². The monoisotopic (exact) mass is 256 g/mol. The summed E-state index contributed by atoms with van der Waals surface area (Å²) in [6, 6.07) is 0. The predicted molar refractivity (Wildman–Crippen MR) is 54.7 cm³/mol. The molecule has 0 bridgehead atoms. The molecule has 74 valence electrons. The van der Waals surface area contributed by atoms with E-state index in [1.54, 1.807) is 23.0 Å². The Labute approximate surface area is 88.7 Å². The summed E-state index contributed by atoms with van der Waals surface area (Å²) in [5.41, 5.74) is 6.57. The van der Waals surface area contributed by atoms with Crippen molar-refractivity contribution in [2.24, 2.45) is 5.73 Å². The maximum atomic E-state index is 9.48. The number of hydrogen-bond acceptors (Lipinski definition) is 4. The molecular weight excluding hydrogens is 248 g/mol. The van der Waals surface area contributed by atoms with Crippen LogP contribution in [0.5, 0.6) is 0 Å². The number of hydrogen-bond donors (Lipinski definition) is 2. The average Bonchev–Trinajstić information content (AvgIpc) is 2.62. The molecule has 1 unspecified atom stereocenters. The van der Waals surface area contributed by atoms with E-state index in [0.717, 1.165) is 0 Å². The molecule has 0 fully saturated rings. The highest BCUT2D eigenvalue weighted by Gasteiger charge is 2.11. The van der Waals surface area contributed by atoms with Crippen molar-refractivity contribution in [3.05, 3.63) is 28.9 Å². The van der Waals surface area contributed by atoms with Crippen LogP contribution < -0.4 is 5.73 Å². The Bertz CT molecular complexity index is 456. The molecule has 2 aromatic heterocycles. The average molecular weight is 257 g/mol. The number of nitrogens with two attached hydrogens (primary N) is 1. The molecule has 0 aromatic carbocycles. The van der Waals surface area contributed by atoms with Crippen LogP contribution in [0.1, 0.15) is 11.8 Å². The molecule has 2 rings (SSSR count). The molecule has 0 aliphatic rings. The molecule has 0 amide bonds. The van der Waals surface area contributed by atoms with E-state index in [1.165, 1.54) is 0 Å².